The number of imide groups is 1. The third-order valence-electron chi connectivity index (χ3n) is 7.30. The Labute approximate surface area is 182 Å². The Kier molecular flexibility index (Phi) is 5.40. The van der Waals surface area contributed by atoms with E-state index in [1.165, 1.54) is 10.5 Å². The Morgan fingerprint density at radius 3 is 2.29 bits per heavy atom. The number of aryl methyl sites for hydroxylation is 1. The monoisotopic (exact) mass is 423 g/mol. The fourth-order valence-electron chi connectivity index (χ4n) is 5.67. The molecule has 31 heavy (non-hydrogen) atoms. The lowest BCUT2D eigenvalue weighted by Crippen LogP contribution is -2.46. The molecule has 1 aromatic carbocycles. The van der Waals surface area contributed by atoms with Gasteiger partial charge in [-0.25, -0.2) is 0 Å². The van der Waals surface area contributed by atoms with Gasteiger partial charge in [-0.3, -0.25) is 24.2 Å². The first kappa shape index (κ1) is 20.4. The van der Waals surface area contributed by atoms with Gasteiger partial charge in [0.2, 0.25) is 17.7 Å². The Morgan fingerprint density at radius 1 is 1.06 bits per heavy atom. The molecule has 0 spiro atoms. The van der Waals surface area contributed by atoms with Crippen molar-refractivity contribution in [3.63, 3.8) is 0 Å². The number of allylic oxidation sites excluding steroid dienone is 2. The molecule has 3 amide bonds. The van der Waals surface area contributed by atoms with Crippen molar-refractivity contribution in [1.29, 1.82) is 0 Å². The number of nitrogens with one attached hydrogen (secondary N) is 1. The quantitative estimate of drug-likeness (QED) is 0.551. The molecule has 1 saturated carbocycles. The molecule has 2 saturated heterocycles. The summed E-state index contributed by atoms with van der Waals surface area (Å²) in [5.74, 6) is -0.839. The first-order chi connectivity index (χ1) is 15.0. The maximum atomic E-state index is 12.8. The van der Waals surface area contributed by atoms with Gasteiger partial charge in [-0.05, 0) is 30.7 Å². The van der Waals surface area contributed by atoms with Gasteiger partial charge in [0.05, 0.1) is 31.1 Å². The van der Waals surface area contributed by atoms with Crippen molar-refractivity contribution in [1.82, 2.24) is 15.1 Å². The SMILES string of the molecule is Cc1ccc(C(CNC(=O)CN2C(=O)C3C4C=CC(C4)C3C2=O)N2CCOCC2)cc1. The second kappa shape index (κ2) is 8.20. The van der Waals surface area contributed by atoms with Crippen molar-refractivity contribution in [3.8, 4) is 0 Å². The van der Waals surface area contributed by atoms with Crippen LogP contribution in [-0.2, 0) is 19.1 Å². The lowest BCUT2D eigenvalue weighted by molar-refractivity contribution is -0.144. The van der Waals surface area contributed by atoms with Gasteiger partial charge in [-0.15, -0.1) is 0 Å². The molecule has 3 fully saturated rings. The smallest absolute Gasteiger partial charge is 0.240 e. The summed E-state index contributed by atoms with van der Waals surface area (Å²) >= 11 is 0. The Hall–Kier alpha value is -2.51. The summed E-state index contributed by atoms with van der Waals surface area (Å²) < 4.78 is 5.49. The van der Waals surface area contributed by atoms with Crippen molar-refractivity contribution in [3.05, 3.63) is 47.5 Å². The number of benzene rings is 1. The summed E-state index contributed by atoms with van der Waals surface area (Å²) in [4.78, 5) is 41.9. The lowest BCUT2D eigenvalue weighted by atomic mass is 9.85. The van der Waals surface area contributed by atoms with Crippen LogP contribution in [0.5, 0.6) is 0 Å². The van der Waals surface area contributed by atoms with E-state index in [1.54, 1.807) is 0 Å². The van der Waals surface area contributed by atoms with Gasteiger partial charge in [-0.2, -0.15) is 0 Å². The van der Waals surface area contributed by atoms with Crippen LogP contribution in [0.25, 0.3) is 0 Å². The summed E-state index contributed by atoms with van der Waals surface area (Å²) in [5, 5.41) is 2.98. The van der Waals surface area contributed by atoms with Gasteiger partial charge < -0.3 is 10.1 Å². The van der Waals surface area contributed by atoms with E-state index in [0.29, 0.717) is 19.8 Å². The highest BCUT2D eigenvalue weighted by Crippen LogP contribution is 2.52. The van der Waals surface area contributed by atoms with Gasteiger partial charge in [0.1, 0.15) is 6.54 Å². The minimum Gasteiger partial charge on any atom is -0.379 e. The molecule has 5 rings (SSSR count). The Balaban J connectivity index is 1.23. The topological polar surface area (TPSA) is 79.0 Å². The minimum absolute atomic E-state index is 0.0258. The third kappa shape index (κ3) is 3.70. The summed E-state index contributed by atoms with van der Waals surface area (Å²) in [6, 6.07) is 8.37. The van der Waals surface area contributed by atoms with Crippen molar-refractivity contribution >= 4 is 17.7 Å². The second-order valence-corrected chi connectivity index (χ2v) is 9.14. The number of rotatable bonds is 6. The highest BCUT2D eigenvalue weighted by molar-refractivity contribution is 6.08. The zero-order valence-electron chi connectivity index (χ0n) is 17.8. The van der Waals surface area contributed by atoms with Crippen LogP contribution in [-0.4, -0.2) is 66.9 Å². The number of carbonyl (C=O) groups is 3. The maximum absolute atomic E-state index is 12.8. The highest BCUT2D eigenvalue weighted by Gasteiger charge is 2.59. The zero-order chi connectivity index (χ0) is 21.5. The van der Waals surface area contributed by atoms with Crippen LogP contribution in [0.4, 0.5) is 0 Å². The van der Waals surface area contributed by atoms with Gasteiger partial charge in [0.25, 0.3) is 0 Å². The van der Waals surface area contributed by atoms with Gasteiger partial charge in [0, 0.05) is 19.6 Å². The molecule has 0 radical (unpaired) electrons. The molecule has 5 unspecified atom stereocenters. The zero-order valence-corrected chi connectivity index (χ0v) is 17.8. The predicted octanol–water partition coefficient (Wildman–Crippen LogP) is 1.29. The van der Waals surface area contributed by atoms with E-state index in [9.17, 15) is 14.4 Å². The van der Waals surface area contributed by atoms with E-state index >= 15 is 0 Å². The summed E-state index contributed by atoms with van der Waals surface area (Å²) in [7, 11) is 0. The van der Waals surface area contributed by atoms with Gasteiger partial charge in [-0.1, -0.05) is 42.0 Å². The number of carbonyl (C=O) groups excluding carboxylic acids is 3. The third-order valence-corrected chi connectivity index (χ3v) is 7.30. The molecule has 0 aromatic heterocycles. The molecule has 1 N–H and O–H groups in total. The van der Waals surface area contributed by atoms with Crippen LogP contribution in [0.1, 0.15) is 23.6 Å². The Bertz CT molecular complexity index is 876. The lowest BCUT2D eigenvalue weighted by Gasteiger charge is -2.35. The van der Waals surface area contributed by atoms with Crippen molar-refractivity contribution in [2.45, 2.75) is 19.4 Å². The average Bonchev–Trinajstić information content (AvgIpc) is 3.46. The van der Waals surface area contributed by atoms with Crippen LogP contribution in [0.15, 0.2) is 36.4 Å². The van der Waals surface area contributed by atoms with Crippen LogP contribution >= 0.6 is 0 Å². The molecule has 164 valence electrons. The van der Waals surface area contributed by atoms with E-state index in [2.05, 4.69) is 53.6 Å². The molecule has 5 atom stereocenters. The summed E-state index contributed by atoms with van der Waals surface area (Å²) in [5.41, 5.74) is 2.33. The highest BCUT2D eigenvalue weighted by atomic mass is 16.5. The molecule has 2 bridgehead atoms. The van der Waals surface area contributed by atoms with Crippen LogP contribution < -0.4 is 5.32 Å². The number of hydrogen-bond donors (Lipinski definition) is 1. The second-order valence-electron chi connectivity index (χ2n) is 9.14. The maximum Gasteiger partial charge on any atom is 0.240 e. The average molecular weight is 424 g/mol. The number of amides is 3. The van der Waals surface area contributed by atoms with Crippen molar-refractivity contribution in [2.24, 2.45) is 23.7 Å². The van der Waals surface area contributed by atoms with Crippen molar-refractivity contribution < 1.29 is 19.1 Å². The molecule has 2 aliphatic heterocycles. The first-order valence-electron chi connectivity index (χ1n) is 11.2. The van der Waals surface area contributed by atoms with Gasteiger partial charge in [0.15, 0.2) is 0 Å². The molecule has 2 aliphatic carbocycles. The summed E-state index contributed by atoms with van der Waals surface area (Å²) in [6.07, 6.45) is 5.02. The Morgan fingerprint density at radius 2 is 1.68 bits per heavy atom. The fraction of sp³-hybridized carbons (Fsp3) is 0.542. The van der Waals surface area contributed by atoms with E-state index in [1.807, 2.05) is 0 Å². The number of fused-ring (bicyclic) bond motifs is 5. The van der Waals surface area contributed by atoms with Crippen LogP contribution in [0.3, 0.4) is 0 Å². The number of hydrogen-bond acceptors (Lipinski definition) is 5. The molecule has 1 aromatic rings. The number of morpholine rings is 1. The summed E-state index contributed by atoms with van der Waals surface area (Å²) in [6.45, 7) is 5.24. The predicted molar refractivity (Wildman–Crippen MR) is 114 cm³/mol. The largest absolute Gasteiger partial charge is 0.379 e. The van der Waals surface area contributed by atoms with Crippen LogP contribution in [0.2, 0.25) is 0 Å². The molecular formula is C24H29N3O4. The normalized spacial score (nSPS) is 30.7. The van der Waals surface area contributed by atoms with Gasteiger partial charge >= 0.3 is 0 Å². The first-order valence-corrected chi connectivity index (χ1v) is 11.2. The minimum atomic E-state index is -0.285. The molecular weight excluding hydrogens is 394 g/mol. The fourth-order valence-corrected chi connectivity index (χ4v) is 5.67. The van der Waals surface area contributed by atoms with E-state index in [-0.39, 0.29) is 54.0 Å². The van der Waals surface area contributed by atoms with E-state index in [0.717, 1.165) is 25.1 Å². The molecule has 2 heterocycles. The van der Waals surface area contributed by atoms with E-state index in [4.69, 9.17) is 4.74 Å². The van der Waals surface area contributed by atoms with Crippen LogP contribution in [0, 0.1) is 30.6 Å². The molecule has 7 heteroatoms. The molecule has 7 nitrogen and oxygen atoms in total. The van der Waals surface area contributed by atoms with Crippen molar-refractivity contribution in [2.75, 3.05) is 39.4 Å². The molecule has 4 aliphatic rings. The number of ether oxygens (including phenoxy) is 1. The number of nitrogens with zero attached hydrogens (tertiary/aromatic N) is 2. The number of likely N-dealkylation sites (tertiary alicyclic amines) is 1. The van der Waals surface area contributed by atoms with E-state index < -0.39 is 0 Å². The standard InChI is InChI=1S/C24H29N3O4/c1-15-2-4-16(5-3-15)19(26-8-10-31-11-9-26)13-25-20(28)14-27-23(29)21-17-6-7-18(12-17)22(21)24(27)30/h2-7,17-19,21-22H,8-14H2,1H3,(H,25,28).